The Kier molecular flexibility index (Phi) is 3.82. The van der Waals surface area contributed by atoms with Gasteiger partial charge in [-0.3, -0.25) is 0 Å². The lowest BCUT2D eigenvalue weighted by atomic mass is 9.81. The predicted molar refractivity (Wildman–Crippen MR) is 70.7 cm³/mol. The highest BCUT2D eigenvalue weighted by atomic mass is 14.2. The van der Waals surface area contributed by atoms with E-state index in [-0.39, 0.29) is 0 Å². The molecule has 0 fully saturated rings. The number of hydrogen-bond donors (Lipinski definition) is 0. The van der Waals surface area contributed by atoms with Crippen molar-refractivity contribution in [2.24, 2.45) is 5.92 Å². The van der Waals surface area contributed by atoms with Crippen LogP contribution in [0.3, 0.4) is 0 Å². The monoisotopic (exact) mass is 214 g/mol. The summed E-state index contributed by atoms with van der Waals surface area (Å²) < 4.78 is 0. The van der Waals surface area contributed by atoms with Gasteiger partial charge in [0.25, 0.3) is 0 Å². The van der Waals surface area contributed by atoms with E-state index in [9.17, 15) is 0 Å². The Hall–Kier alpha value is -1.04. The van der Waals surface area contributed by atoms with E-state index in [2.05, 4.69) is 44.2 Å². The number of rotatable bonds is 3. The van der Waals surface area contributed by atoms with Crippen LogP contribution in [-0.4, -0.2) is 0 Å². The molecule has 0 bridgehead atoms. The molecule has 1 aromatic rings. The van der Waals surface area contributed by atoms with Crippen LogP contribution in [0, 0.1) is 12.8 Å². The minimum atomic E-state index is 0.909. The van der Waals surface area contributed by atoms with Crippen molar-refractivity contribution in [1.82, 2.24) is 0 Å². The van der Waals surface area contributed by atoms with Crippen LogP contribution in [0.4, 0.5) is 0 Å². The fourth-order valence-corrected chi connectivity index (χ4v) is 2.70. The van der Waals surface area contributed by atoms with E-state index in [1.165, 1.54) is 37.7 Å². The lowest BCUT2D eigenvalue weighted by Gasteiger charge is -2.24. The van der Waals surface area contributed by atoms with Gasteiger partial charge in [-0.1, -0.05) is 35.9 Å². The summed E-state index contributed by atoms with van der Waals surface area (Å²) in [5.74, 6) is 0.909. The first kappa shape index (κ1) is 11.4. The van der Waals surface area contributed by atoms with E-state index < -0.39 is 0 Å². The highest BCUT2D eigenvalue weighted by Gasteiger charge is 2.17. The van der Waals surface area contributed by atoms with Crippen molar-refractivity contribution in [2.75, 3.05) is 0 Å². The van der Waals surface area contributed by atoms with E-state index in [0.717, 1.165) is 5.92 Å². The van der Waals surface area contributed by atoms with Gasteiger partial charge < -0.3 is 0 Å². The fourth-order valence-electron chi connectivity index (χ4n) is 2.70. The van der Waals surface area contributed by atoms with Crippen LogP contribution < -0.4 is 0 Å². The second-order valence-corrected chi connectivity index (χ2v) is 5.03. The first-order valence-corrected chi connectivity index (χ1v) is 6.49. The van der Waals surface area contributed by atoms with Gasteiger partial charge in [-0.25, -0.2) is 0 Å². The Morgan fingerprint density at radius 3 is 3.00 bits per heavy atom. The summed E-state index contributed by atoms with van der Waals surface area (Å²) in [6.45, 7) is 4.30. The fraction of sp³-hybridized carbons (Fsp3) is 0.500. The van der Waals surface area contributed by atoms with Gasteiger partial charge >= 0.3 is 0 Å². The Labute approximate surface area is 99.4 Å². The minimum Gasteiger partial charge on any atom is -0.0917 e. The minimum absolute atomic E-state index is 0.909. The molecule has 0 N–H and O–H groups in total. The summed E-state index contributed by atoms with van der Waals surface area (Å²) in [4.78, 5) is 0. The summed E-state index contributed by atoms with van der Waals surface area (Å²) in [6, 6.07) is 6.97. The normalized spacial score (nSPS) is 20.0. The maximum absolute atomic E-state index is 2.37. The van der Waals surface area contributed by atoms with Crippen LogP contribution >= 0.6 is 0 Å². The quantitative estimate of drug-likeness (QED) is 0.652. The van der Waals surface area contributed by atoms with Gasteiger partial charge in [0.15, 0.2) is 0 Å². The molecule has 1 aromatic carbocycles. The van der Waals surface area contributed by atoms with Crippen molar-refractivity contribution in [3.05, 3.63) is 47.0 Å². The molecule has 0 saturated carbocycles. The van der Waals surface area contributed by atoms with Crippen molar-refractivity contribution < 1.29 is 0 Å². The van der Waals surface area contributed by atoms with Gasteiger partial charge in [-0.2, -0.15) is 0 Å². The van der Waals surface area contributed by atoms with Gasteiger partial charge in [0.1, 0.15) is 0 Å². The number of benzene rings is 1. The second-order valence-electron chi connectivity index (χ2n) is 5.03. The molecule has 0 aromatic heterocycles. The van der Waals surface area contributed by atoms with Crippen LogP contribution in [0.25, 0.3) is 0 Å². The summed E-state index contributed by atoms with van der Waals surface area (Å²) >= 11 is 0. The molecular formula is C16H22. The van der Waals surface area contributed by atoms with Gasteiger partial charge in [-0.05, 0) is 63.0 Å². The zero-order valence-electron chi connectivity index (χ0n) is 10.5. The SMILES string of the molecule is C/C=C/CCC1CCc2cc(C)ccc2C1. The van der Waals surface area contributed by atoms with Crippen LogP contribution in [-0.2, 0) is 12.8 Å². The van der Waals surface area contributed by atoms with Gasteiger partial charge in [-0.15, -0.1) is 0 Å². The number of aryl methyl sites for hydroxylation is 2. The zero-order chi connectivity index (χ0) is 11.4. The second kappa shape index (κ2) is 5.34. The molecular weight excluding hydrogens is 192 g/mol. The molecule has 0 heteroatoms. The maximum Gasteiger partial charge on any atom is -0.0247 e. The molecule has 16 heavy (non-hydrogen) atoms. The Morgan fingerprint density at radius 1 is 1.31 bits per heavy atom. The van der Waals surface area contributed by atoms with E-state index in [4.69, 9.17) is 0 Å². The molecule has 0 radical (unpaired) electrons. The molecule has 0 amide bonds. The first-order valence-electron chi connectivity index (χ1n) is 6.49. The molecule has 0 spiro atoms. The Bertz CT molecular complexity index is 374. The summed E-state index contributed by atoms with van der Waals surface area (Å²) in [5, 5.41) is 0. The molecule has 0 aliphatic heterocycles. The maximum atomic E-state index is 2.37. The molecule has 0 saturated heterocycles. The summed E-state index contributed by atoms with van der Waals surface area (Å²) in [6.07, 6.45) is 11.0. The van der Waals surface area contributed by atoms with E-state index in [1.807, 2.05) is 0 Å². The van der Waals surface area contributed by atoms with Crippen LogP contribution in [0.15, 0.2) is 30.4 Å². The molecule has 0 heterocycles. The summed E-state index contributed by atoms with van der Waals surface area (Å²) in [7, 11) is 0. The van der Waals surface area contributed by atoms with Crippen LogP contribution in [0.1, 0.15) is 42.9 Å². The van der Waals surface area contributed by atoms with Crippen molar-refractivity contribution in [3.8, 4) is 0 Å². The molecule has 1 aliphatic carbocycles. The average Bonchev–Trinajstić information content (AvgIpc) is 2.29. The molecule has 1 aliphatic rings. The molecule has 1 unspecified atom stereocenters. The third-order valence-corrected chi connectivity index (χ3v) is 3.67. The molecule has 0 nitrogen and oxygen atoms in total. The number of fused-ring (bicyclic) bond motifs is 1. The van der Waals surface area contributed by atoms with E-state index >= 15 is 0 Å². The summed E-state index contributed by atoms with van der Waals surface area (Å²) in [5.41, 5.74) is 4.61. The van der Waals surface area contributed by atoms with Crippen molar-refractivity contribution in [3.63, 3.8) is 0 Å². The van der Waals surface area contributed by atoms with Gasteiger partial charge in [0.05, 0.1) is 0 Å². The molecule has 86 valence electrons. The smallest absolute Gasteiger partial charge is 0.0247 e. The van der Waals surface area contributed by atoms with E-state index in [1.54, 1.807) is 11.1 Å². The van der Waals surface area contributed by atoms with E-state index in [0.29, 0.717) is 0 Å². The van der Waals surface area contributed by atoms with Gasteiger partial charge in [0.2, 0.25) is 0 Å². The topological polar surface area (TPSA) is 0 Å². The number of hydrogen-bond acceptors (Lipinski definition) is 0. The lowest BCUT2D eigenvalue weighted by molar-refractivity contribution is 0.430. The average molecular weight is 214 g/mol. The third kappa shape index (κ3) is 2.75. The van der Waals surface area contributed by atoms with Crippen molar-refractivity contribution in [2.45, 2.75) is 46.0 Å². The van der Waals surface area contributed by atoms with Crippen molar-refractivity contribution in [1.29, 1.82) is 0 Å². The van der Waals surface area contributed by atoms with Crippen LogP contribution in [0.2, 0.25) is 0 Å². The zero-order valence-corrected chi connectivity index (χ0v) is 10.5. The largest absolute Gasteiger partial charge is 0.0917 e. The van der Waals surface area contributed by atoms with Crippen LogP contribution in [0.5, 0.6) is 0 Å². The van der Waals surface area contributed by atoms with Gasteiger partial charge in [0, 0.05) is 0 Å². The first-order chi connectivity index (χ1) is 7.79. The highest BCUT2D eigenvalue weighted by Crippen LogP contribution is 2.29. The Balaban J connectivity index is 1.98. The predicted octanol–water partition coefficient (Wildman–Crippen LogP) is 4.46. The molecule has 2 rings (SSSR count). The lowest BCUT2D eigenvalue weighted by Crippen LogP contribution is -2.14. The third-order valence-electron chi connectivity index (χ3n) is 3.67. The Morgan fingerprint density at radius 2 is 2.19 bits per heavy atom. The molecule has 1 atom stereocenters. The standard InChI is InChI=1S/C16H22/c1-3-4-5-6-14-8-10-15-11-13(2)7-9-16(15)12-14/h3-4,7,9,11,14H,5-6,8,10,12H2,1-2H3/b4-3+. The number of allylic oxidation sites excluding steroid dienone is 2. The van der Waals surface area contributed by atoms with Crippen molar-refractivity contribution >= 4 is 0 Å². The highest BCUT2D eigenvalue weighted by molar-refractivity contribution is 5.33.